The van der Waals surface area contributed by atoms with Gasteiger partial charge in [-0.1, -0.05) is 27.5 Å². The fraction of sp³-hybridized carbons (Fsp3) is 0.500. The molecule has 1 saturated heterocycles. The number of hydrogen-bond acceptors (Lipinski definition) is 3. The molecular weight excluding hydrogens is 360 g/mol. The van der Waals surface area contributed by atoms with Crippen LogP contribution in [0.25, 0.3) is 0 Å². The van der Waals surface area contributed by atoms with Gasteiger partial charge >= 0.3 is 0 Å². The molecule has 114 valence electrons. The molecule has 0 saturated carbocycles. The van der Waals surface area contributed by atoms with E-state index in [0.717, 1.165) is 31.0 Å². The molecule has 1 aromatic rings. The van der Waals surface area contributed by atoms with Crippen LogP contribution in [0.4, 0.5) is 5.69 Å². The summed E-state index contributed by atoms with van der Waals surface area (Å²) in [5, 5.41) is 12.2. The van der Waals surface area contributed by atoms with E-state index in [9.17, 15) is 14.9 Å². The predicted octanol–water partition coefficient (Wildman–Crippen LogP) is 4.03. The van der Waals surface area contributed by atoms with Gasteiger partial charge in [-0.2, -0.15) is 0 Å². The summed E-state index contributed by atoms with van der Waals surface area (Å²) in [6.07, 6.45) is 3.80. The van der Waals surface area contributed by atoms with Gasteiger partial charge in [0.1, 0.15) is 5.56 Å². The Balaban J connectivity index is 2.33. The summed E-state index contributed by atoms with van der Waals surface area (Å²) in [5.41, 5.74) is -0.110. The van der Waals surface area contributed by atoms with Gasteiger partial charge in [0.2, 0.25) is 0 Å². The molecule has 2 rings (SSSR count). The molecular formula is C14H16BrClN2O3. The van der Waals surface area contributed by atoms with Crippen molar-refractivity contribution >= 4 is 39.1 Å². The Morgan fingerprint density at radius 3 is 2.90 bits per heavy atom. The molecule has 0 aliphatic carbocycles. The zero-order valence-electron chi connectivity index (χ0n) is 11.4. The molecule has 1 heterocycles. The number of carbonyl (C=O) groups is 1. The number of halogens is 2. The zero-order chi connectivity index (χ0) is 15.4. The number of likely N-dealkylation sites (tertiary alicyclic amines) is 1. The lowest BCUT2D eigenvalue weighted by atomic mass is 9.98. The van der Waals surface area contributed by atoms with Crippen molar-refractivity contribution in [1.82, 2.24) is 4.90 Å². The number of nitro groups is 1. The number of carbonyl (C=O) groups excluding carboxylic acids is 1. The van der Waals surface area contributed by atoms with Crippen molar-refractivity contribution in [3.05, 3.63) is 38.9 Å². The van der Waals surface area contributed by atoms with Crippen LogP contribution in [0.1, 0.15) is 36.0 Å². The second kappa shape index (κ2) is 7.22. The number of nitrogens with zero attached hydrogens (tertiary/aromatic N) is 2. The molecule has 1 aliphatic heterocycles. The maximum absolute atomic E-state index is 12.7. The van der Waals surface area contributed by atoms with Gasteiger partial charge in [0.15, 0.2) is 0 Å². The van der Waals surface area contributed by atoms with Crippen molar-refractivity contribution in [1.29, 1.82) is 0 Å². The van der Waals surface area contributed by atoms with E-state index < -0.39 is 4.92 Å². The Labute approximate surface area is 136 Å². The number of amides is 1. The van der Waals surface area contributed by atoms with Crippen LogP contribution < -0.4 is 0 Å². The van der Waals surface area contributed by atoms with E-state index in [1.165, 1.54) is 18.2 Å². The van der Waals surface area contributed by atoms with Crippen LogP contribution in [0.15, 0.2) is 18.2 Å². The maximum Gasteiger partial charge on any atom is 0.282 e. The molecule has 1 atom stereocenters. The monoisotopic (exact) mass is 374 g/mol. The summed E-state index contributed by atoms with van der Waals surface area (Å²) < 4.78 is 0. The lowest BCUT2D eigenvalue weighted by molar-refractivity contribution is -0.385. The van der Waals surface area contributed by atoms with Crippen molar-refractivity contribution < 1.29 is 9.72 Å². The van der Waals surface area contributed by atoms with E-state index in [-0.39, 0.29) is 23.2 Å². The van der Waals surface area contributed by atoms with Gasteiger partial charge in [-0.25, -0.2) is 0 Å². The van der Waals surface area contributed by atoms with Gasteiger partial charge in [0.25, 0.3) is 11.6 Å². The first-order valence-electron chi connectivity index (χ1n) is 6.85. The van der Waals surface area contributed by atoms with E-state index >= 15 is 0 Å². The smallest absolute Gasteiger partial charge is 0.282 e. The highest BCUT2D eigenvalue weighted by Gasteiger charge is 2.31. The van der Waals surface area contributed by atoms with Crippen molar-refractivity contribution in [2.45, 2.75) is 31.7 Å². The third kappa shape index (κ3) is 3.74. The second-order valence-corrected chi connectivity index (χ2v) is 6.27. The molecule has 7 heteroatoms. The minimum absolute atomic E-state index is 0.0778. The Morgan fingerprint density at radius 2 is 2.24 bits per heavy atom. The van der Waals surface area contributed by atoms with E-state index in [4.69, 9.17) is 11.6 Å². The van der Waals surface area contributed by atoms with Gasteiger partial charge in [0.05, 0.1) is 4.92 Å². The summed E-state index contributed by atoms with van der Waals surface area (Å²) >= 11 is 9.30. The predicted molar refractivity (Wildman–Crippen MR) is 85.2 cm³/mol. The van der Waals surface area contributed by atoms with E-state index in [1.807, 2.05) is 0 Å². The molecule has 0 N–H and O–H groups in total. The van der Waals surface area contributed by atoms with Crippen molar-refractivity contribution in [2.75, 3.05) is 11.9 Å². The summed E-state index contributed by atoms with van der Waals surface area (Å²) in [6.45, 7) is 0.639. The highest BCUT2D eigenvalue weighted by Crippen LogP contribution is 2.28. The van der Waals surface area contributed by atoms with Crippen molar-refractivity contribution in [3.63, 3.8) is 0 Å². The highest BCUT2D eigenvalue weighted by molar-refractivity contribution is 9.09. The minimum Gasteiger partial charge on any atom is -0.335 e. The first-order chi connectivity index (χ1) is 10.0. The molecule has 0 aromatic heterocycles. The van der Waals surface area contributed by atoms with Gasteiger partial charge in [-0.15, -0.1) is 0 Å². The Morgan fingerprint density at radius 1 is 1.48 bits per heavy atom. The number of nitro benzene ring substituents is 1. The molecule has 0 bridgehead atoms. The average Bonchev–Trinajstić information content (AvgIpc) is 2.47. The van der Waals surface area contributed by atoms with Crippen LogP contribution in [0.2, 0.25) is 5.02 Å². The van der Waals surface area contributed by atoms with Crippen LogP contribution in [0, 0.1) is 10.1 Å². The summed E-state index contributed by atoms with van der Waals surface area (Å²) in [5.74, 6) is -0.296. The molecule has 0 spiro atoms. The molecule has 1 unspecified atom stereocenters. The van der Waals surface area contributed by atoms with E-state index in [1.54, 1.807) is 4.90 Å². The SMILES string of the molecule is O=C(c1cc(Cl)ccc1[N+](=O)[O-])N1CCCCC1CCBr. The molecule has 1 fully saturated rings. The van der Waals surface area contributed by atoms with Crippen LogP contribution >= 0.6 is 27.5 Å². The standard InChI is InChI=1S/C14H16BrClN2O3/c15-7-6-11-3-1-2-8-17(11)14(19)12-9-10(16)4-5-13(12)18(20)21/h4-5,9,11H,1-3,6-8H2. The number of piperidine rings is 1. The first-order valence-corrected chi connectivity index (χ1v) is 8.35. The first kappa shape index (κ1) is 16.2. The zero-order valence-corrected chi connectivity index (χ0v) is 13.8. The van der Waals surface area contributed by atoms with Gasteiger partial charge in [-0.3, -0.25) is 14.9 Å². The molecule has 1 aromatic carbocycles. The quantitative estimate of drug-likeness (QED) is 0.453. The Bertz CT molecular complexity index is 551. The molecule has 1 aliphatic rings. The van der Waals surface area contributed by atoms with Gasteiger partial charge < -0.3 is 4.90 Å². The normalized spacial score (nSPS) is 18.6. The topological polar surface area (TPSA) is 63.4 Å². The summed E-state index contributed by atoms with van der Waals surface area (Å²) in [7, 11) is 0. The fourth-order valence-electron chi connectivity index (χ4n) is 2.69. The fourth-order valence-corrected chi connectivity index (χ4v) is 3.39. The Kier molecular flexibility index (Phi) is 5.58. The number of benzene rings is 1. The minimum atomic E-state index is -0.535. The van der Waals surface area contributed by atoms with Crippen molar-refractivity contribution in [3.8, 4) is 0 Å². The number of hydrogen-bond donors (Lipinski definition) is 0. The molecule has 0 radical (unpaired) electrons. The van der Waals surface area contributed by atoms with Gasteiger partial charge in [-0.05, 0) is 37.8 Å². The third-order valence-electron chi connectivity index (χ3n) is 3.72. The third-order valence-corrected chi connectivity index (χ3v) is 4.41. The molecule has 5 nitrogen and oxygen atoms in total. The molecule has 1 amide bonds. The van der Waals surface area contributed by atoms with E-state index in [2.05, 4.69) is 15.9 Å². The summed E-state index contributed by atoms with van der Waals surface area (Å²) in [6, 6.07) is 4.24. The van der Waals surface area contributed by atoms with Crippen LogP contribution in [-0.2, 0) is 0 Å². The van der Waals surface area contributed by atoms with Crippen LogP contribution in [0.5, 0.6) is 0 Å². The number of alkyl halides is 1. The number of rotatable bonds is 4. The van der Waals surface area contributed by atoms with Crippen molar-refractivity contribution in [2.24, 2.45) is 0 Å². The lowest BCUT2D eigenvalue weighted by Crippen LogP contribution is -2.44. The Hall–Kier alpha value is -1.14. The largest absolute Gasteiger partial charge is 0.335 e. The average molecular weight is 376 g/mol. The maximum atomic E-state index is 12.7. The van der Waals surface area contributed by atoms with Crippen LogP contribution in [0.3, 0.4) is 0 Å². The summed E-state index contributed by atoms with van der Waals surface area (Å²) in [4.78, 5) is 25.0. The highest BCUT2D eigenvalue weighted by atomic mass is 79.9. The lowest BCUT2D eigenvalue weighted by Gasteiger charge is -2.35. The van der Waals surface area contributed by atoms with Crippen LogP contribution in [-0.4, -0.2) is 33.6 Å². The van der Waals surface area contributed by atoms with Gasteiger partial charge in [0, 0.05) is 29.0 Å². The molecule has 21 heavy (non-hydrogen) atoms. The van der Waals surface area contributed by atoms with E-state index in [0.29, 0.717) is 11.6 Å². The second-order valence-electron chi connectivity index (χ2n) is 5.04.